The number of ether oxygens (including phenoxy) is 1. The number of piperidine rings is 3. The normalized spacial score (nSPS) is 45.8. The van der Waals surface area contributed by atoms with Crippen LogP contribution >= 0.6 is 12.2 Å². The second kappa shape index (κ2) is 3.82. The van der Waals surface area contributed by atoms with Gasteiger partial charge in [0.05, 0.1) is 6.04 Å². The molecular formula is C11H19N3OS. The monoisotopic (exact) mass is 241 g/mol. The molecule has 4 nitrogen and oxygen atoms in total. The van der Waals surface area contributed by atoms with E-state index >= 15 is 0 Å². The molecule has 2 N–H and O–H groups in total. The average molecular weight is 241 g/mol. The first-order valence-electron chi connectivity index (χ1n) is 6.20. The van der Waals surface area contributed by atoms with E-state index in [1.165, 1.54) is 25.9 Å². The van der Waals surface area contributed by atoms with E-state index < -0.39 is 0 Å². The number of fused-ring (bicyclic) bond motifs is 2. The Morgan fingerprint density at radius 1 is 1.50 bits per heavy atom. The van der Waals surface area contributed by atoms with Gasteiger partial charge in [-0.15, -0.1) is 0 Å². The lowest BCUT2D eigenvalue weighted by atomic mass is 9.74. The molecule has 4 saturated heterocycles. The van der Waals surface area contributed by atoms with Gasteiger partial charge in [-0.3, -0.25) is 4.90 Å². The van der Waals surface area contributed by atoms with E-state index in [-0.39, 0.29) is 5.72 Å². The first-order valence-corrected chi connectivity index (χ1v) is 6.61. The largest absolute Gasteiger partial charge is 0.361 e. The zero-order valence-corrected chi connectivity index (χ0v) is 10.5. The van der Waals surface area contributed by atoms with Crippen LogP contribution in [0.4, 0.5) is 0 Å². The number of nitrogens with one attached hydrogen (secondary N) is 2. The minimum absolute atomic E-state index is 0.215. The van der Waals surface area contributed by atoms with Crippen LogP contribution in [0.3, 0.4) is 0 Å². The molecule has 4 aliphatic rings. The van der Waals surface area contributed by atoms with Crippen LogP contribution in [0.15, 0.2) is 0 Å². The van der Waals surface area contributed by atoms with Crippen molar-refractivity contribution >= 4 is 17.3 Å². The molecule has 2 unspecified atom stereocenters. The topological polar surface area (TPSA) is 36.5 Å². The molecule has 0 radical (unpaired) electrons. The molecule has 5 heteroatoms. The molecule has 0 aromatic carbocycles. The summed E-state index contributed by atoms with van der Waals surface area (Å²) < 4.78 is 6.10. The summed E-state index contributed by atoms with van der Waals surface area (Å²) >= 11 is 5.26. The number of rotatable bonds is 2. The Morgan fingerprint density at radius 3 is 2.94 bits per heavy atom. The SMILES string of the molecule is CCOC12NC(=S)NCC1N1CCC2CC1. The maximum Gasteiger partial charge on any atom is 0.168 e. The molecule has 4 aliphatic heterocycles. The summed E-state index contributed by atoms with van der Waals surface area (Å²) in [7, 11) is 0. The lowest BCUT2D eigenvalue weighted by Crippen LogP contribution is -2.79. The Labute approximate surface area is 102 Å². The van der Waals surface area contributed by atoms with Crippen LogP contribution in [0.1, 0.15) is 19.8 Å². The van der Waals surface area contributed by atoms with E-state index in [0.717, 1.165) is 18.3 Å². The van der Waals surface area contributed by atoms with E-state index in [1.807, 2.05) is 0 Å². The Hall–Kier alpha value is -0.390. The van der Waals surface area contributed by atoms with Gasteiger partial charge in [0, 0.05) is 19.1 Å². The fraction of sp³-hybridized carbons (Fsp3) is 0.909. The Balaban J connectivity index is 1.93. The number of hydrogen-bond acceptors (Lipinski definition) is 3. The van der Waals surface area contributed by atoms with Crippen LogP contribution in [-0.4, -0.2) is 48.0 Å². The molecule has 0 aliphatic carbocycles. The van der Waals surface area contributed by atoms with Gasteiger partial charge in [-0.2, -0.15) is 0 Å². The molecule has 2 bridgehead atoms. The van der Waals surface area contributed by atoms with Crippen molar-refractivity contribution in [3.63, 3.8) is 0 Å². The van der Waals surface area contributed by atoms with Crippen molar-refractivity contribution in [2.45, 2.75) is 31.5 Å². The summed E-state index contributed by atoms with van der Waals surface area (Å²) in [6.45, 7) is 6.15. The molecule has 2 atom stereocenters. The van der Waals surface area contributed by atoms with Gasteiger partial charge in [0.25, 0.3) is 0 Å². The van der Waals surface area contributed by atoms with Crippen molar-refractivity contribution in [2.75, 3.05) is 26.2 Å². The molecule has 0 spiro atoms. The molecule has 90 valence electrons. The van der Waals surface area contributed by atoms with Crippen molar-refractivity contribution in [3.8, 4) is 0 Å². The highest BCUT2D eigenvalue weighted by molar-refractivity contribution is 7.80. The molecule has 0 aromatic rings. The van der Waals surface area contributed by atoms with Gasteiger partial charge in [-0.05, 0) is 45.1 Å². The number of thiocarbonyl (C=S) groups is 1. The fourth-order valence-electron chi connectivity index (χ4n) is 3.55. The zero-order chi connectivity index (χ0) is 11.2. The molecule has 0 aromatic heterocycles. The minimum Gasteiger partial charge on any atom is -0.361 e. The fourth-order valence-corrected chi connectivity index (χ4v) is 3.79. The lowest BCUT2D eigenvalue weighted by molar-refractivity contribution is -0.198. The van der Waals surface area contributed by atoms with E-state index in [0.29, 0.717) is 12.0 Å². The molecule has 0 saturated carbocycles. The van der Waals surface area contributed by atoms with E-state index in [4.69, 9.17) is 17.0 Å². The molecule has 4 rings (SSSR count). The van der Waals surface area contributed by atoms with E-state index in [2.05, 4.69) is 22.5 Å². The van der Waals surface area contributed by atoms with Gasteiger partial charge in [0.2, 0.25) is 0 Å². The van der Waals surface area contributed by atoms with E-state index in [1.54, 1.807) is 0 Å². The summed E-state index contributed by atoms with van der Waals surface area (Å²) in [4.78, 5) is 2.54. The highest BCUT2D eigenvalue weighted by Crippen LogP contribution is 2.41. The highest BCUT2D eigenvalue weighted by atomic mass is 32.1. The first kappa shape index (κ1) is 10.7. The predicted octanol–water partition coefficient (Wildman–Crippen LogP) is 0.291. The quantitative estimate of drug-likeness (QED) is 0.680. The van der Waals surface area contributed by atoms with Crippen LogP contribution in [-0.2, 0) is 4.74 Å². The molecule has 0 amide bonds. The summed E-state index contributed by atoms with van der Waals surface area (Å²) in [6, 6.07) is 0.437. The van der Waals surface area contributed by atoms with E-state index in [9.17, 15) is 0 Å². The summed E-state index contributed by atoms with van der Waals surface area (Å²) in [5, 5.41) is 7.42. The van der Waals surface area contributed by atoms with Gasteiger partial charge in [-0.1, -0.05) is 0 Å². The van der Waals surface area contributed by atoms with Crippen LogP contribution in [0.25, 0.3) is 0 Å². The van der Waals surface area contributed by atoms with Gasteiger partial charge in [0.1, 0.15) is 0 Å². The van der Waals surface area contributed by atoms with Crippen LogP contribution in [0.2, 0.25) is 0 Å². The van der Waals surface area contributed by atoms with Crippen molar-refractivity contribution < 1.29 is 4.74 Å². The summed E-state index contributed by atoms with van der Waals surface area (Å²) in [6.07, 6.45) is 2.46. The first-order chi connectivity index (χ1) is 7.76. The Kier molecular flexibility index (Phi) is 2.57. The predicted molar refractivity (Wildman–Crippen MR) is 66.2 cm³/mol. The third kappa shape index (κ3) is 1.38. The molecule has 4 fully saturated rings. The van der Waals surface area contributed by atoms with Crippen molar-refractivity contribution in [1.29, 1.82) is 0 Å². The van der Waals surface area contributed by atoms with Crippen LogP contribution in [0, 0.1) is 5.92 Å². The van der Waals surface area contributed by atoms with Crippen LogP contribution < -0.4 is 10.6 Å². The minimum atomic E-state index is -0.215. The molecule has 16 heavy (non-hydrogen) atoms. The second-order valence-electron chi connectivity index (χ2n) is 4.89. The Bertz CT molecular complexity index is 304. The smallest absolute Gasteiger partial charge is 0.168 e. The summed E-state index contributed by atoms with van der Waals surface area (Å²) in [5.74, 6) is 0.613. The van der Waals surface area contributed by atoms with Crippen molar-refractivity contribution in [2.24, 2.45) is 5.92 Å². The third-order valence-corrected chi connectivity index (χ3v) is 4.47. The Morgan fingerprint density at radius 2 is 2.25 bits per heavy atom. The maximum atomic E-state index is 6.10. The number of hydrogen-bond donors (Lipinski definition) is 2. The van der Waals surface area contributed by atoms with Crippen LogP contribution in [0.5, 0.6) is 0 Å². The maximum absolute atomic E-state index is 6.10. The third-order valence-electron chi connectivity index (χ3n) is 4.22. The summed E-state index contributed by atoms with van der Waals surface area (Å²) in [5.41, 5.74) is -0.215. The average Bonchev–Trinajstić information content (AvgIpc) is 2.30. The highest BCUT2D eigenvalue weighted by Gasteiger charge is 2.56. The van der Waals surface area contributed by atoms with Gasteiger partial charge < -0.3 is 15.4 Å². The zero-order valence-electron chi connectivity index (χ0n) is 9.66. The molecule has 4 heterocycles. The second-order valence-corrected chi connectivity index (χ2v) is 5.30. The van der Waals surface area contributed by atoms with Gasteiger partial charge >= 0.3 is 0 Å². The van der Waals surface area contributed by atoms with Gasteiger partial charge in [-0.25, -0.2) is 0 Å². The van der Waals surface area contributed by atoms with Crippen molar-refractivity contribution in [1.82, 2.24) is 15.5 Å². The molecular weight excluding hydrogens is 222 g/mol. The van der Waals surface area contributed by atoms with Crippen molar-refractivity contribution in [3.05, 3.63) is 0 Å². The lowest BCUT2D eigenvalue weighted by Gasteiger charge is -2.60. The van der Waals surface area contributed by atoms with Gasteiger partial charge in [0.15, 0.2) is 10.8 Å². The standard InChI is InChI=1S/C11H19N3OS/c1-2-15-11-8-3-5-14(6-4-8)9(11)7-12-10(16)13-11/h8-9H,2-7H2,1H3,(H2,12,13,16). The number of nitrogens with zero attached hydrogens (tertiary/aromatic N) is 1.